The molecule has 0 radical (unpaired) electrons. The van der Waals surface area contributed by atoms with Crippen molar-refractivity contribution >= 4 is 11.6 Å². The molecule has 2 fully saturated rings. The zero-order chi connectivity index (χ0) is 36.7. The van der Waals surface area contributed by atoms with E-state index < -0.39 is 12.0 Å². The Balaban J connectivity index is 1.28. The van der Waals surface area contributed by atoms with Gasteiger partial charge in [-0.05, 0) is 54.2 Å². The minimum absolute atomic E-state index is 0.0156. The van der Waals surface area contributed by atoms with Crippen molar-refractivity contribution in [3.8, 4) is 51.7 Å². The number of hydrogen-bond acceptors (Lipinski definition) is 9. The molecule has 3 unspecified atom stereocenters. The van der Waals surface area contributed by atoms with E-state index in [-0.39, 0.29) is 71.2 Å². The summed E-state index contributed by atoms with van der Waals surface area (Å²) in [6.07, 6.45) is 4.92. The predicted molar refractivity (Wildman–Crippen MR) is 203 cm³/mol. The van der Waals surface area contributed by atoms with E-state index in [9.17, 15) is 20.1 Å². The number of aromatic amines is 1. The molecule has 4 bridgehead atoms. The highest BCUT2D eigenvalue weighted by Gasteiger charge is 2.40. The molecule has 276 valence electrons. The molecular formula is C43H47N3O7. The third kappa shape index (κ3) is 6.57. The van der Waals surface area contributed by atoms with Crippen LogP contribution in [0.15, 0.2) is 54.6 Å². The lowest BCUT2D eigenvalue weighted by Gasteiger charge is -2.34. The number of nitrogens with zero attached hydrogens (tertiary/aromatic N) is 1. The number of aromatic nitrogens is 1. The number of ether oxygens (including phenoxy) is 3. The molecule has 4 aliphatic rings. The fourth-order valence-electron chi connectivity index (χ4n) is 8.52. The van der Waals surface area contributed by atoms with Crippen LogP contribution in [0.5, 0.6) is 28.7 Å². The highest BCUT2D eigenvalue weighted by Crippen LogP contribution is 2.55. The summed E-state index contributed by atoms with van der Waals surface area (Å²) in [4.78, 5) is 20.5. The van der Waals surface area contributed by atoms with Crippen LogP contribution in [0.3, 0.4) is 0 Å². The lowest BCUT2D eigenvalue weighted by Crippen LogP contribution is -2.50. The van der Waals surface area contributed by atoms with E-state index in [0.29, 0.717) is 30.5 Å². The molecule has 3 aromatic carbocycles. The van der Waals surface area contributed by atoms with Gasteiger partial charge < -0.3 is 44.7 Å². The Kier molecular flexibility index (Phi) is 9.48. The zero-order valence-electron chi connectivity index (χ0n) is 30.3. The molecule has 3 atom stereocenters. The first-order valence-corrected chi connectivity index (χ1v) is 18.8. The van der Waals surface area contributed by atoms with Gasteiger partial charge in [0.2, 0.25) is 5.75 Å². The maximum atomic E-state index is 14.2. The summed E-state index contributed by atoms with van der Waals surface area (Å²) in [5.41, 5.74) is 5.98. The number of anilines is 1. The number of piperazine rings is 1. The number of aliphatic hydroxyl groups excluding tert-OH is 1. The number of rotatable bonds is 8. The van der Waals surface area contributed by atoms with Crippen LogP contribution in [-0.2, 0) is 11.8 Å². The maximum absolute atomic E-state index is 14.2. The summed E-state index contributed by atoms with van der Waals surface area (Å²) in [6, 6.07) is 17.3. The highest BCUT2D eigenvalue weighted by atomic mass is 16.5. The van der Waals surface area contributed by atoms with E-state index in [2.05, 4.69) is 64.3 Å². The minimum atomic E-state index is -0.675. The second-order valence-electron chi connectivity index (χ2n) is 15.0. The number of fused-ring (bicyclic) bond motifs is 8. The fraction of sp³-hybridized carbons (Fsp3) is 0.419. The maximum Gasteiger partial charge on any atom is 0.204 e. The number of carbonyl (C=O) groups excluding carboxylic acids is 1. The van der Waals surface area contributed by atoms with Gasteiger partial charge in [-0.15, -0.1) is 0 Å². The number of carbonyl (C=O) groups is 1. The Labute approximate surface area is 310 Å². The van der Waals surface area contributed by atoms with Crippen molar-refractivity contribution < 1.29 is 34.3 Å². The molecule has 3 aliphatic heterocycles. The number of ketones is 1. The molecule has 1 aromatic heterocycles. The smallest absolute Gasteiger partial charge is 0.204 e. The van der Waals surface area contributed by atoms with Crippen molar-refractivity contribution in [3.05, 3.63) is 82.5 Å². The van der Waals surface area contributed by atoms with Crippen LogP contribution < -0.4 is 24.4 Å². The molecule has 1 saturated carbocycles. The Hall–Kier alpha value is -5.11. The third-order valence-corrected chi connectivity index (χ3v) is 11.4. The molecule has 10 heteroatoms. The quantitative estimate of drug-likeness (QED) is 0.102. The van der Waals surface area contributed by atoms with Gasteiger partial charge in [0.05, 0.1) is 37.7 Å². The van der Waals surface area contributed by atoms with Crippen LogP contribution in [-0.4, -0.2) is 72.1 Å². The van der Waals surface area contributed by atoms with Crippen molar-refractivity contribution in [2.24, 2.45) is 0 Å². The Bertz CT molecular complexity index is 2070. The van der Waals surface area contributed by atoms with E-state index in [1.54, 1.807) is 24.3 Å². The molecule has 0 spiro atoms. The molecule has 53 heavy (non-hydrogen) atoms. The number of phenols is 2. The van der Waals surface area contributed by atoms with Crippen LogP contribution in [0.25, 0.3) is 11.1 Å². The number of hydrogen-bond donors (Lipinski definition) is 5. The first-order chi connectivity index (χ1) is 25.8. The van der Waals surface area contributed by atoms with Crippen molar-refractivity contribution in [2.45, 2.75) is 75.3 Å². The molecule has 0 amide bonds. The second-order valence-corrected chi connectivity index (χ2v) is 15.0. The first kappa shape index (κ1) is 34.9. The summed E-state index contributed by atoms with van der Waals surface area (Å²) < 4.78 is 18.5. The molecule has 4 aromatic rings. The van der Waals surface area contributed by atoms with E-state index in [0.717, 1.165) is 30.0 Å². The van der Waals surface area contributed by atoms with Crippen molar-refractivity contribution in [1.29, 1.82) is 0 Å². The van der Waals surface area contributed by atoms with Gasteiger partial charge in [0.15, 0.2) is 17.3 Å². The summed E-state index contributed by atoms with van der Waals surface area (Å²) in [5.74, 6) is 7.58. The number of benzene rings is 3. The lowest BCUT2D eigenvalue weighted by atomic mass is 9.84. The third-order valence-electron chi connectivity index (χ3n) is 11.4. The Morgan fingerprint density at radius 2 is 1.85 bits per heavy atom. The molecule has 4 heterocycles. The summed E-state index contributed by atoms with van der Waals surface area (Å²) in [5, 5.41) is 35.2. The van der Waals surface area contributed by atoms with Crippen LogP contribution >= 0.6 is 0 Å². The van der Waals surface area contributed by atoms with Gasteiger partial charge in [-0.3, -0.25) is 4.79 Å². The van der Waals surface area contributed by atoms with Crippen LogP contribution in [0, 0.1) is 11.8 Å². The summed E-state index contributed by atoms with van der Waals surface area (Å²) >= 11 is 0. The van der Waals surface area contributed by atoms with E-state index in [1.807, 2.05) is 0 Å². The van der Waals surface area contributed by atoms with Gasteiger partial charge in [0, 0.05) is 49.3 Å². The van der Waals surface area contributed by atoms with E-state index >= 15 is 0 Å². The molecule has 1 aliphatic carbocycles. The van der Waals surface area contributed by atoms with Crippen molar-refractivity contribution in [2.75, 3.05) is 44.9 Å². The van der Waals surface area contributed by atoms with Crippen LogP contribution in [0.2, 0.25) is 0 Å². The lowest BCUT2D eigenvalue weighted by molar-refractivity contribution is 0.0836. The minimum Gasteiger partial charge on any atom is -0.508 e. The van der Waals surface area contributed by atoms with Gasteiger partial charge in [0.25, 0.3) is 0 Å². The number of H-pyrrole nitrogens is 1. The number of aliphatic hydroxyl groups is 1. The first-order valence-electron chi connectivity index (χ1n) is 18.8. The fourth-order valence-corrected chi connectivity index (χ4v) is 8.52. The molecule has 5 N–H and O–H groups in total. The standard InChI is InChI=1S/C43H47N3O7/c1-43(15-3-4-16-43)35-23-32-28-8-5-7-26(21-28)22-29(9-12-30-25-46(18-17-44-30)42(32)45-35)36-38(50)41(51-2)40(52-20-6-19-47)37-33(49)24-34(53-39(36)37)27-10-13-31(48)14-11-27/h5,7-8,10-11,13-14,21,23,29-30,34,44-45,47-48,50H,3-4,6,15-20,22,24-25H2,1-2H3. The normalized spacial score (nSPS) is 21.6. The number of phenolic OH excluding ortho intramolecular Hbond substituents is 2. The van der Waals surface area contributed by atoms with Crippen LogP contribution in [0.1, 0.15) is 90.2 Å². The second kappa shape index (κ2) is 14.4. The van der Waals surface area contributed by atoms with Gasteiger partial charge in [0.1, 0.15) is 29.0 Å². The molecule has 8 rings (SSSR count). The van der Waals surface area contributed by atoms with Crippen LogP contribution in [0.4, 0.5) is 5.82 Å². The molecule has 1 saturated heterocycles. The summed E-state index contributed by atoms with van der Waals surface area (Å²) in [7, 11) is 1.43. The van der Waals surface area contributed by atoms with Gasteiger partial charge in [-0.25, -0.2) is 0 Å². The average molecular weight is 718 g/mol. The average Bonchev–Trinajstić information content (AvgIpc) is 3.82. The highest BCUT2D eigenvalue weighted by molar-refractivity contribution is 6.05. The predicted octanol–water partition coefficient (Wildman–Crippen LogP) is 6.52. The van der Waals surface area contributed by atoms with Crippen molar-refractivity contribution in [3.63, 3.8) is 0 Å². The van der Waals surface area contributed by atoms with Gasteiger partial charge in [-0.1, -0.05) is 68.0 Å². The summed E-state index contributed by atoms with van der Waals surface area (Å²) in [6.45, 7) is 4.65. The molecule has 10 nitrogen and oxygen atoms in total. The van der Waals surface area contributed by atoms with Gasteiger partial charge >= 0.3 is 0 Å². The molecular weight excluding hydrogens is 670 g/mol. The number of aromatic hydroxyl groups is 2. The zero-order valence-corrected chi connectivity index (χ0v) is 30.3. The monoisotopic (exact) mass is 717 g/mol. The SMILES string of the molecule is COc1c(O)c(C2C#CC3CN(CCN3)c3[nH]c(C4(C)CCCC4)cc3-c3cccc(c3)C2)c2c(c1OCCCO)C(=O)CC(c1ccc(O)cc1)O2. The number of Topliss-reactive ketones (excluding diaryl/α,β-unsaturated/α-hetero) is 1. The Morgan fingerprint density at radius 1 is 1.04 bits per heavy atom. The Morgan fingerprint density at radius 3 is 2.62 bits per heavy atom. The van der Waals surface area contributed by atoms with Gasteiger partial charge in [-0.2, -0.15) is 0 Å². The van der Waals surface area contributed by atoms with E-state index in [4.69, 9.17) is 14.2 Å². The van der Waals surface area contributed by atoms with Crippen molar-refractivity contribution in [1.82, 2.24) is 10.3 Å². The topological polar surface area (TPSA) is 137 Å². The number of nitrogens with one attached hydrogen (secondary N) is 2. The van der Waals surface area contributed by atoms with E-state index in [1.165, 1.54) is 44.1 Å². The largest absolute Gasteiger partial charge is 0.508 e. The number of methoxy groups -OCH3 is 1.